The Kier molecular flexibility index (Phi) is 5.67. The Morgan fingerprint density at radius 3 is 2.53 bits per heavy atom. The standard InChI is InChI=1S/C12H23N3/c1-11(8-13)9-14-12(2)10-15-6-4-3-5-7-15/h11-12,14H,3-7,9-10H2,1-2H3. The molecule has 3 heteroatoms. The summed E-state index contributed by atoms with van der Waals surface area (Å²) in [6.07, 6.45) is 4.09. The molecule has 0 amide bonds. The number of piperidine rings is 1. The third kappa shape index (κ3) is 5.15. The molecule has 1 heterocycles. The van der Waals surface area contributed by atoms with Crippen LogP contribution in [0.3, 0.4) is 0 Å². The average Bonchev–Trinajstić information content (AvgIpc) is 2.27. The third-order valence-electron chi connectivity index (χ3n) is 2.97. The molecule has 2 unspecified atom stereocenters. The maximum Gasteiger partial charge on any atom is 0.0666 e. The Bertz CT molecular complexity index is 203. The van der Waals surface area contributed by atoms with E-state index in [0.717, 1.165) is 13.1 Å². The molecule has 2 atom stereocenters. The van der Waals surface area contributed by atoms with Crippen LogP contribution in [0.5, 0.6) is 0 Å². The highest BCUT2D eigenvalue weighted by Crippen LogP contribution is 2.08. The Morgan fingerprint density at radius 2 is 1.93 bits per heavy atom. The molecule has 1 aliphatic heterocycles. The molecule has 1 rings (SSSR count). The predicted octanol–water partition coefficient (Wildman–Crippen LogP) is 1.61. The van der Waals surface area contributed by atoms with Gasteiger partial charge in [0.2, 0.25) is 0 Å². The van der Waals surface area contributed by atoms with Gasteiger partial charge in [-0.3, -0.25) is 0 Å². The summed E-state index contributed by atoms with van der Waals surface area (Å²) < 4.78 is 0. The van der Waals surface area contributed by atoms with E-state index in [1.165, 1.54) is 32.4 Å². The van der Waals surface area contributed by atoms with Crippen molar-refractivity contribution < 1.29 is 0 Å². The van der Waals surface area contributed by atoms with Crippen LogP contribution in [0.15, 0.2) is 0 Å². The van der Waals surface area contributed by atoms with Gasteiger partial charge in [-0.25, -0.2) is 0 Å². The van der Waals surface area contributed by atoms with Crippen LogP contribution >= 0.6 is 0 Å². The second-order valence-electron chi connectivity index (χ2n) is 4.70. The highest BCUT2D eigenvalue weighted by Gasteiger charge is 2.13. The van der Waals surface area contributed by atoms with Crippen molar-refractivity contribution in [2.24, 2.45) is 5.92 Å². The highest BCUT2D eigenvalue weighted by atomic mass is 15.1. The summed E-state index contributed by atoms with van der Waals surface area (Å²) in [5.74, 6) is 0.119. The molecule has 0 aliphatic carbocycles. The van der Waals surface area contributed by atoms with Crippen LogP contribution in [-0.4, -0.2) is 37.1 Å². The Labute approximate surface area is 93.5 Å². The average molecular weight is 209 g/mol. The van der Waals surface area contributed by atoms with Gasteiger partial charge in [-0.05, 0) is 39.8 Å². The van der Waals surface area contributed by atoms with Crippen molar-refractivity contribution in [2.75, 3.05) is 26.2 Å². The summed E-state index contributed by atoms with van der Waals surface area (Å²) in [5, 5.41) is 12.1. The van der Waals surface area contributed by atoms with Gasteiger partial charge in [-0.15, -0.1) is 0 Å². The maximum absolute atomic E-state index is 8.67. The second kappa shape index (κ2) is 6.81. The molecule has 86 valence electrons. The van der Waals surface area contributed by atoms with Gasteiger partial charge in [-0.1, -0.05) is 6.42 Å². The van der Waals surface area contributed by atoms with Crippen LogP contribution in [-0.2, 0) is 0 Å². The monoisotopic (exact) mass is 209 g/mol. The van der Waals surface area contributed by atoms with Crippen molar-refractivity contribution in [1.29, 1.82) is 5.26 Å². The molecule has 15 heavy (non-hydrogen) atoms. The van der Waals surface area contributed by atoms with E-state index >= 15 is 0 Å². The molecule has 0 radical (unpaired) electrons. The number of hydrogen-bond donors (Lipinski definition) is 1. The molecule has 1 fully saturated rings. The molecular formula is C12H23N3. The van der Waals surface area contributed by atoms with E-state index in [1.807, 2.05) is 6.92 Å². The van der Waals surface area contributed by atoms with E-state index in [4.69, 9.17) is 5.26 Å². The van der Waals surface area contributed by atoms with E-state index in [2.05, 4.69) is 23.2 Å². The Balaban J connectivity index is 2.12. The largest absolute Gasteiger partial charge is 0.312 e. The molecule has 0 aromatic rings. The van der Waals surface area contributed by atoms with E-state index in [0.29, 0.717) is 6.04 Å². The van der Waals surface area contributed by atoms with Gasteiger partial charge in [-0.2, -0.15) is 5.26 Å². The van der Waals surface area contributed by atoms with E-state index in [-0.39, 0.29) is 5.92 Å². The molecule has 0 aromatic carbocycles. The first-order valence-electron chi connectivity index (χ1n) is 6.07. The quantitative estimate of drug-likeness (QED) is 0.747. The molecule has 0 spiro atoms. The van der Waals surface area contributed by atoms with Crippen molar-refractivity contribution >= 4 is 0 Å². The normalized spacial score (nSPS) is 21.9. The fourth-order valence-corrected chi connectivity index (χ4v) is 2.02. The van der Waals surface area contributed by atoms with Gasteiger partial charge in [0.15, 0.2) is 0 Å². The number of likely N-dealkylation sites (tertiary alicyclic amines) is 1. The summed E-state index contributed by atoms with van der Waals surface area (Å²) in [5.41, 5.74) is 0. The Hall–Kier alpha value is -0.590. The molecule has 3 nitrogen and oxygen atoms in total. The SMILES string of the molecule is CC(C#N)CNC(C)CN1CCCCC1. The fraction of sp³-hybridized carbons (Fsp3) is 0.917. The zero-order valence-corrected chi connectivity index (χ0v) is 10.00. The summed E-state index contributed by atoms with van der Waals surface area (Å²) in [6, 6.07) is 2.75. The molecule has 1 N–H and O–H groups in total. The Morgan fingerprint density at radius 1 is 1.27 bits per heavy atom. The van der Waals surface area contributed by atoms with Crippen molar-refractivity contribution in [3.05, 3.63) is 0 Å². The van der Waals surface area contributed by atoms with Crippen molar-refractivity contribution in [2.45, 2.75) is 39.2 Å². The van der Waals surface area contributed by atoms with Gasteiger partial charge in [0.1, 0.15) is 0 Å². The summed E-state index contributed by atoms with van der Waals surface area (Å²) in [4.78, 5) is 2.53. The third-order valence-corrected chi connectivity index (χ3v) is 2.97. The van der Waals surface area contributed by atoms with Crippen LogP contribution in [0.2, 0.25) is 0 Å². The number of nitriles is 1. The maximum atomic E-state index is 8.67. The van der Waals surface area contributed by atoms with Crippen LogP contribution in [0.4, 0.5) is 0 Å². The zero-order chi connectivity index (χ0) is 11.1. The molecule has 0 aromatic heterocycles. The molecule has 0 bridgehead atoms. The first-order chi connectivity index (χ1) is 7.22. The molecule has 1 saturated heterocycles. The first-order valence-corrected chi connectivity index (χ1v) is 6.07. The molecular weight excluding hydrogens is 186 g/mol. The first kappa shape index (κ1) is 12.5. The van der Waals surface area contributed by atoms with Crippen molar-refractivity contribution in [3.8, 4) is 6.07 Å². The summed E-state index contributed by atoms with van der Waals surface area (Å²) in [7, 11) is 0. The lowest BCUT2D eigenvalue weighted by atomic mass is 10.1. The lowest BCUT2D eigenvalue weighted by Crippen LogP contribution is -2.42. The van der Waals surface area contributed by atoms with Gasteiger partial charge in [0.05, 0.1) is 12.0 Å². The summed E-state index contributed by atoms with van der Waals surface area (Å²) >= 11 is 0. The number of nitrogens with zero attached hydrogens (tertiary/aromatic N) is 2. The van der Waals surface area contributed by atoms with Crippen LogP contribution in [0.1, 0.15) is 33.1 Å². The zero-order valence-electron chi connectivity index (χ0n) is 10.00. The summed E-state index contributed by atoms with van der Waals surface area (Å²) in [6.45, 7) is 8.60. The fourth-order valence-electron chi connectivity index (χ4n) is 2.02. The van der Waals surface area contributed by atoms with Crippen LogP contribution < -0.4 is 5.32 Å². The topological polar surface area (TPSA) is 39.1 Å². The van der Waals surface area contributed by atoms with Crippen LogP contribution in [0.25, 0.3) is 0 Å². The highest BCUT2D eigenvalue weighted by molar-refractivity contribution is 4.81. The molecule has 1 aliphatic rings. The number of nitrogens with one attached hydrogen (secondary N) is 1. The minimum absolute atomic E-state index is 0.119. The second-order valence-corrected chi connectivity index (χ2v) is 4.70. The van der Waals surface area contributed by atoms with E-state index in [9.17, 15) is 0 Å². The lowest BCUT2D eigenvalue weighted by molar-refractivity contribution is 0.208. The van der Waals surface area contributed by atoms with Crippen LogP contribution in [0, 0.1) is 17.2 Å². The van der Waals surface area contributed by atoms with E-state index < -0.39 is 0 Å². The number of hydrogen-bond acceptors (Lipinski definition) is 3. The van der Waals surface area contributed by atoms with Gasteiger partial charge in [0, 0.05) is 19.1 Å². The smallest absolute Gasteiger partial charge is 0.0666 e. The van der Waals surface area contributed by atoms with Gasteiger partial charge in [0.25, 0.3) is 0 Å². The van der Waals surface area contributed by atoms with E-state index in [1.54, 1.807) is 0 Å². The lowest BCUT2D eigenvalue weighted by Gasteiger charge is -2.29. The minimum Gasteiger partial charge on any atom is -0.312 e. The van der Waals surface area contributed by atoms with Gasteiger partial charge < -0.3 is 10.2 Å². The number of rotatable bonds is 5. The predicted molar refractivity (Wildman–Crippen MR) is 62.5 cm³/mol. The minimum atomic E-state index is 0.119. The van der Waals surface area contributed by atoms with Gasteiger partial charge >= 0.3 is 0 Å². The van der Waals surface area contributed by atoms with Crippen molar-refractivity contribution in [1.82, 2.24) is 10.2 Å². The molecule has 0 saturated carbocycles. The van der Waals surface area contributed by atoms with Crippen molar-refractivity contribution in [3.63, 3.8) is 0 Å².